The summed E-state index contributed by atoms with van der Waals surface area (Å²) in [4.78, 5) is 0. The molecule has 0 spiro atoms. The van der Waals surface area contributed by atoms with Gasteiger partial charge in [0.2, 0.25) is 0 Å². The van der Waals surface area contributed by atoms with Crippen molar-refractivity contribution in [3.63, 3.8) is 0 Å². The Morgan fingerprint density at radius 2 is 1.53 bits per heavy atom. The number of hydrogen-bond donors (Lipinski definition) is 1. The molecule has 0 heterocycles. The predicted octanol–water partition coefficient (Wildman–Crippen LogP) is 7.09. The van der Waals surface area contributed by atoms with Gasteiger partial charge in [-0.15, -0.1) is 12.4 Å². The van der Waals surface area contributed by atoms with Gasteiger partial charge in [0.25, 0.3) is 0 Å². The number of ether oxygens (including phenoxy) is 1. The van der Waals surface area contributed by atoms with Gasteiger partial charge < -0.3 is 10.1 Å². The average Bonchev–Trinajstić information content (AvgIpc) is 2.75. The van der Waals surface area contributed by atoms with Crippen LogP contribution < -0.4 is 10.1 Å². The van der Waals surface area contributed by atoms with Gasteiger partial charge in [-0.1, -0.05) is 90.0 Å². The lowest BCUT2D eigenvalue weighted by Gasteiger charge is -2.16. The van der Waals surface area contributed by atoms with E-state index in [2.05, 4.69) is 72.9 Å². The third kappa shape index (κ3) is 5.34. The number of aryl methyl sites for hydroxylation is 1. The number of hydrogen-bond acceptors (Lipinski definition) is 2. The molecule has 0 aliphatic heterocycles. The van der Waals surface area contributed by atoms with Gasteiger partial charge in [0.15, 0.2) is 0 Å². The van der Waals surface area contributed by atoms with Crippen LogP contribution in [0.5, 0.6) is 5.75 Å². The van der Waals surface area contributed by atoms with E-state index in [-0.39, 0.29) is 12.4 Å². The second-order valence-corrected chi connectivity index (χ2v) is 7.64. The lowest BCUT2D eigenvalue weighted by molar-refractivity contribution is 0.302. The molecule has 0 aromatic heterocycles. The molecule has 0 fully saturated rings. The van der Waals surface area contributed by atoms with Gasteiger partial charge in [-0.25, -0.2) is 0 Å². The van der Waals surface area contributed by atoms with Crippen LogP contribution in [-0.4, -0.2) is 0 Å². The van der Waals surface area contributed by atoms with Crippen molar-refractivity contribution in [3.8, 4) is 5.75 Å². The van der Waals surface area contributed by atoms with E-state index in [1.807, 2.05) is 24.3 Å². The maximum absolute atomic E-state index is 6.30. The Morgan fingerprint density at radius 3 is 2.33 bits per heavy atom. The highest BCUT2D eigenvalue weighted by Gasteiger charge is 2.10. The fourth-order valence-electron chi connectivity index (χ4n) is 3.44. The van der Waals surface area contributed by atoms with Crippen LogP contribution in [0.3, 0.4) is 0 Å². The van der Waals surface area contributed by atoms with Gasteiger partial charge in [0.05, 0.1) is 0 Å². The summed E-state index contributed by atoms with van der Waals surface area (Å²) in [5, 5.41) is 6.74. The molecule has 0 amide bonds. The highest BCUT2D eigenvalue weighted by Crippen LogP contribution is 2.29. The minimum absolute atomic E-state index is 0. The van der Waals surface area contributed by atoms with Crippen LogP contribution in [0.1, 0.15) is 22.3 Å². The van der Waals surface area contributed by atoms with Crippen molar-refractivity contribution in [3.05, 3.63) is 112 Å². The topological polar surface area (TPSA) is 21.3 Å². The molecule has 1 N–H and O–H groups in total. The zero-order valence-electron chi connectivity index (χ0n) is 16.9. The van der Waals surface area contributed by atoms with Crippen molar-refractivity contribution in [1.82, 2.24) is 5.32 Å². The maximum atomic E-state index is 6.30. The lowest BCUT2D eigenvalue weighted by atomic mass is 10.0. The minimum Gasteiger partial charge on any atom is -0.489 e. The zero-order valence-corrected chi connectivity index (χ0v) is 18.5. The smallest absolute Gasteiger partial charge is 0.124 e. The lowest BCUT2D eigenvalue weighted by Crippen LogP contribution is -2.14. The molecule has 0 radical (unpaired) electrons. The number of rotatable bonds is 7. The Bertz CT molecular complexity index is 1110. The summed E-state index contributed by atoms with van der Waals surface area (Å²) in [5.41, 5.74) is 4.68. The first-order valence-electron chi connectivity index (χ1n) is 9.84. The van der Waals surface area contributed by atoms with Gasteiger partial charge >= 0.3 is 0 Å². The Labute approximate surface area is 189 Å². The Kier molecular flexibility index (Phi) is 7.75. The molecule has 154 valence electrons. The van der Waals surface area contributed by atoms with Crippen LogP contribution in [0.4, 0.5) is 0 Å². The molecule has 0 bridgehead atoms. The second kappa shape index (κ2) is 10.5. The molecule has 0 saturated carbocycles. The standard InChI is InChI=1S/C26H24ClNO.ClH/c1-19-10-12-20(13-11-19)18-29-26-15-14-21-6-2-4-8-23(21)24(26)17-28-16-22-7-3-5-9-25(22)27;/h2-15,28H,16-18H2,1H3;1H. The van der Waals surface area contributed by atoms with Crippen LogP contribution in [0, 0.1) is 6.92 Å². The van der Waals surface area contributed by atoms with Crippen molar-refractivity contribution in [2.45, 2.75) is 26.6 Å². The highest BCUT2D eigenvalue weighted by atomic mass is 35.5. The van der Waals surface area contributed by atoms with E-state index in [9.17, 15) is 0 Å². The average molecular weight is 438 g/mol. The molecule has 2 nitrogen and oxygen atoms in total. The summed E-state index contributed by atoms with van der Waals surface area (Å²) < 4.78 is 6.23. The van der Waals surface area contributed by atoms with Crippen molar-refractivity contribution >= 4 is 34.8 Å². The van der Waals surface area contributed by atoms with Gasteiger partial charge in [0, 0.05) is 23.7 Å². The number of fused-ring (bicyclic) bond motifs is 1. The van der Waals surface area contributed by atoms with Crippen molar-refractivity contribution in [2.75, 3.05) is 0 Å². The molecule has 4 heteroatoms. The van der Waals surface area contributed by atoms with E-state index in [4.69, 9.17) is 16.3 Å². The maximum Gasteiger partial charge on any atom is 0.124 e. The fourth-order valence-corrected chi connectivity index (χ4v) is 3.65. The van der Waals surface area contributed by atoms with E-state index in [0.717, 1.165) is 16.3 Å². The molecule has 0 atom stereocenters. The van der Waals surface area contributed by atoms with E-state index >= 15 is 0 Å². The normalized spacial score (nSPS) is 10.6. The summed E-state index contributed by atoms with van der Waals surface area (Å²) in [6.45, 7) is 4.06. The van der Waals surface area contributed by atoms with Crippen LogP contribution >= 0.6 is 24.0 Å². The number of nitrogens with one attached hydrogen (secondary N) is 1. The minimum atomic E-state index is 0. The first-order valence-corrected chi connectivity index (χ1v) is 10.2. The monoisotopic (exact) mass is 437 g/mol. The molecule has 4 rings (SSSR count). The van der Waals surface area contributed by atoms with E-state index in [0.29, 0.717) is 19.7 Å². The molecular formula is C26H25Cl2NO. The fraction of sp³-hybridized carbons (Fsp3) is 0.154. The van der Waals surface area contributed by atoms with Crippen LogP contribution in [0.15, 0.2) is 84.9 Å². The summed E-state index contributed by atoms with van der Waals surface area (Å²) in [5.74, 6) is 0.913. The van der Waals surface area contributed by atoms with E-state index in [1.165, 1.54) is 27.5 Å². The summed E-state index contributed by atoms with van der Waals surface area (Å²) in [7, 11) is 0. The first-order chi connectivity index (χ1) is 14.2. The van der Waals surface area contributed by atoms with Gasteiger partial charge in [-0.05, 0) is 41.0 Å². The molecule has 4 aromatic rings. The van der Waals surface area contributed by atoms with Crippen molar-refractivity contribution < 1.29 is 4.74 Å². The summed E-state index contributed by atoms with van der Waals surface area (Å²) in [6.07, 6.45) is 0. The van der Waals surface area contributed by atoms with Gasteiger partial charge in [0.1, 0.15) is 12.4 Å². The van der Waals surface area contributed by atoms with Gasteiger partial charge in [-0.2, -0.15) is 0 Å². The second-order valence-electron chi connectivity index (χ2n) is 7.23. The third-order valence-corrected chi connectivity index (χ3v) is 5.46. The predicted molar refractivity (Wildman–Crippen MR) is 129 cm³/mol. The molecule has 0 saturated heterocycles. The van der Waals surface area contributed by atoms with Crippen LogP contribution in [0.25, 0.3) is 10.8 Å². The first kappa shape index (κ1) is 22.2. The molecule has 0 aliphatic rings. The Balaban J connectivity index is 0.00000256. The largest absolute Gasteiger partial charge is 0.489 e. The number of benzene rings is 4. The molecule has 0 unspecified atom stereocenters. The number of halogens is 2. The molecular weight excluding hydrogens is 413 g/mol. The summed E-state index contributed by atoms with van der Waals surface area (Å²) in [6, 6.07) is 29.0. The third-order valence-electron chi connectivity index (χ3n) is 5.09. The highest BCUT2D eigenvalue weighted by molar-refractivity contribution is 6.31. The molecule has 30 heavy (non-hydrogen) atoms. The Morgan fingerprint density at radius 1 is 0.800 bits per heavy atom. The van der Waals surface area contributed by atoms with E-state index < -0.39 is 0 Å². The van der Waals surface area contributed by atoms with Crippen molar-refractivity contribution in [1.29, 1.82) is 0 Å². The van der Waals surface area contributed by atoms with E-state index in [1.54, 1.807) is 0 Å². The quantitative estimate of drug-likeness (QED) is 0.333. The van der Waals surface area contributed by atoms with Crippen LogP contribution in [0.2, 0.25) is 5.02 Å². The molecule has 4 aromatic carbocycles. The Hall–Kier alpha value is -2.52. The van der Waals surface area contributed by atoms with Crippen LogP contribution in [-0.2, 0) is 19.7 Å². The molecule has 0 aliphatic carbocycles. The SMILES string of the molecule is Cc1ccc(COc2ccc3ccccc3c2CNCc2ccccc2Cl)cc1.Cl. The van der Waals surface area contributed by atoms with Gasteiger partial charge in [-0.3, -0.25) is 0 Å². The zero-order chi connectivity index (χ0) is 20.1. The summed E-state index contributed by atoms with van der Waals surface area (Å²) >= 11 is 6.30. The van der Waals surface area contributed by atoms with Crippen molar-refractivity contribution in [2.24, 2.45) is 0 Å².